The molecule has 1 aromatic carbocycles. The molecule has 3 N–H and O–H groups in total. The summed E-state index contributed by atoms with van der Waals surface area (Å²) >= 11 is 10.8. The first-order chi connectivity index (χ1) is 14.0. The van der Waals surface area contributed by atoms with Crippen molar-refractivity contribution in [3.63, 3.8) is 0 Å². The number of nitro benzene ring substituents is 1. The second kappa shape index (κ2) is 14.2. The first kappa shape index (κ1) is 27.2. The lowest BCUT2D eigenvalue weighted by Gasteiger charge is -2.26. The molecule has 0 fully saturated rings. The van der Waals surface area contributed by atoms with Crippen LogP contribution in [0.5, 0.6) is 0 Å². The standard InChI is InChI=1S/C13H12Cl2N2O9.C4H10/c14-10(15)11(18)16-8(5-25-12(19)20)9(26-13(21)22)6-1-3-7(4-2-6)17(23)24;1-3-4-2/h1-4,8-10H,5H2,(H,16,18)(H,19,20)(H,21,22);3-4H2,1-2H3/t8-,9+;/m0./s1. The Bertz CT molecular complexity index is 712. The molecule has 0 aliphatic carbocycles. The van der Waals surface area contributed by atoms with Crippen molar-refractivity contribution in [2.24, 2.45) is 0 Å². The Hall–Kier alpha value is -2.79. The van der Waals surface area contributed by atoms with Crippen LogP contribution in [0.1, 0.15) is 38.4 Å². The summed E-state index contributed by atoms with van der Waals surface area (Å²) in [6.07, 6.45) is -2.24. The molecule has 0 heterocycles. The molecule has 0 saturated carbocycles. The van der Waals surface area contributed by atoms with Crippen LogP contribution in [0, 0.1) is 10.1 Å². The van der Waals surface area contributed by atoms with Crippen LogP contribution in [0.15, 0.2) is 24.3 Å². The maximum absolute atomic E-state index is 11.7. The first-order valence-electron chi connectivity index (χ1n) is 8.61. The third-order valence-electron chi connectivity index (χ3n) is 3.44. The molecule has 0 aliphatic heterocycles. The van der Waals surface area contributed by atoms with Gasteiger partial charge in [0.15, 0.2) is 10.9 Å². The van der Waals surface area contributed by atoms with Crippen LogP contribution in [0.2, 0.25) is 0 Å². The molecule has 1 rings (SSSR count). The molecule has 1 aromatic rings. The number of nitro groups is 1. The highest BCUT2D eigenvalue weighted by molar-refractivity contribution is 6.53. The Morgan fingerprint density at radius 2 is 1.63 bits per heavy atom. The second-order valence-corrected chi connectivity index (χ2v) is 6.74. The van der Waals surface area contributed by atoms with E-state index in [-0.39, 0.29) is 11.3 Å². The van der Waals surface area contributed by atoms with Crippen molar-refractivity contribution in [1.82, 2.24) is 5.32 Å². The van der Waals surface area contributed by atoms with E-state index < -0.39 is 46.7 Å². The average Bonchev–Trinajstić information content (AvgIpc) is 2.69. The first-order valence-corrected chi connectivity index (χ1v) is 9.48. The minimum absolute atomic E-state index is 0.0954. The van der Waals surface area contributed by atoms with Gasteiger partial charge in [0.2, 0.25) is 0 Å². The van der Waals surface area contributed by atoms with Crippen molar-refractivity contribution in [1.29, 1.82) is 0 Å². The summed E-state index contributed by atoms with van der Waals surface area (Å²) in [6.45, 7) is 3.66. The van der Waals surface area contributed by atoms with Crippen LogP contribution < -0.4 is 5.32 Å². The summed E-state index contributed by atoms with van der Waals surface area (Å²) in [5.74, 6) is -0.951. The largest absolute Gasteiger partial charge is 0.506 e. The van der Waals surface area contributed by atoms with E-state index >= 15 is 0 Å². The van der Waals surface area contributed by atoms with E-state index in [1.54, 1.807) is 0 Å². The van der Waals surface area contributed by atoms with Crippen molar-refractivity contribution in [3.05, 3.63) is 39.9 Å². The Morgan fingerprint density at radius 3 is 2.00 bits per heavy atom. The third kappa shape index (κ3) is 10.7. The normalized spacial score (nSPS) is 12.0. The SMILES string of the molecule is CCCC.O=C(O)OC[C@H](NC(=O)C(Cl)Cl)[C@H](OC(=O)O)c1ccc([N+](=O)[O-])cc1. The Labute approximate surface area is 182 Å². The van der Waals surface area contributed by atoms with Gasteiger partial charge in [-0.3, -0.25) is 14.9 Å². The number of carboxylic acid groups (broad SMARTS) is 2. The average molecular weight is 469 g/mol. The molecule has 168 valence electrons. The van der Waals surface area contributed by atoms with E-state index in [0.29, 0.717) is 0 Å². The number of carbonyl (C=O) groups is 3. The van der Waals surface area contributed by atoms with Crippen molar-refractivity contribution < 1.29 is 39.0 Å². The van der Waals surface area contributed by atoms with Gasteiger partial charge in [-0.1, -0.05) is 49.9 Å². The summed E-state index contributed by atoms with van der Waals surface area (Å²) in [5.41, 5.74) is -0.176. The van der Waals surface area contributed by atoms with Crippen molar-refractivity contribution in [2.75, 3.05) is 6.61 Å². The quantitative estimate of drug-likeness (QED) is 0.209. The minimum Gasteiger partial charge on any atom is -0.450 e. The fourth-order valence-corrected chi connectivity index (χ4v) is 2.01. The number of ether oxygens (including phenoxy) is 2. The number of rotatable bonds is 9. The summed E-state index contributed by atoms with van der Waals surface area (Å²) in [7, 11) is 0. The second-order valence-electron chi connectivity index (χ2n) is 5.65. The van der Waals surface area contributed by atoms with E-state index in [9.17, 15) is 24.5 Å². The predicted octanol–water partition coefficient (Wildman–Crippen LogP) is 4.12. The number of nitrogens with one attached hydrogen (secondary N) is 1. The number of alkyl halides is 2. The number of unbranched alkanes of at least 4 members (excludes halogenated alkanes) is 1. The van der Waals surface area contributed by atoms with Gasteiger partial charge in [0.25, 0.3) is 11.6 Å². The van der Waals surface area contributed by atoms with Gasteiger partial charge < -0.3 is 25.0 Å². The zero-order chi connectivity index (χ0) is 23.3. The number of hydrogen-bond donors (Lipinski definition) is 3. The maximum Gasteiger partial charge on any atom is 0.506 e. The Balaban J connectivity index is 0.00000192. The van der Waals surface area contributed by atoms with Crippen LogP contribution in [-0.4, -0.2) is 50.8 Å². The summed E-state index contributed by atoms with van der Waals surface area (Å²) in [5, 5.41) is 30.4. The molecule has 0 saturated heterocycles. The molecule has 11 nitrogen and oxygen atoms in total. The zero-order valence-electron chi connectivity index (χ0n) is 16.1. The number of hydrogen-bond acceptors (Lipinski definition) is 7. The lowest BCUT2D eigenvalue weighted by molar-refractivity contribution is -0.384. The van der Waals surface area contributed by atoms with E-state index in [0.717, 1.165) is 12.1 Å². The zero-order valence-corrected chi connectivity index (χ0v) is 17.6. The Kier molecular flexibility index (Phi) is 12.9. The van der Waals surface area contributed by atoms with Crippen LogP contribution in [0.25, 0.3) is 0 Å². The molecule has 13 heteroatoms. The summed E-state index contributed by atoms with van der Waals surface area (Å²) in [6, 6.07) is 3.19. The third-order valence-corrected chi connectivity index (χ3v) is 3.83. The minimum atomic E-state index is -1.74. The van der Waals surface area contributed by atoms with E-state index in [1.165, 1.54) is 25.0 Å². The van der Waals surface area contributed by atoms with Crippen molar-refractivity contribution in [2.45, 2.75) is 43.7 Å². The fourth-order valence-electron chi connectivity index (χ4n) is 1.89. The van der Waals surface area contributed by atoms with Gasteiger partial charge in [0, 0.05) is 12.1 Å². The molecule has 1 amide bonds. The lowest BCUT2D eigenvalue weighted by Crippen LogP contribution is -2.46. The molecule has 0 unspecified atom stereocenters. The van der Waals surface area contributed by atoms with E-state index in [2.05, 4.69) is 28.6 Å². The van der Waals surface area contributed by atoms with Crippen molar-refractivity contribution >= 4 is 47.1 Å². The number of carbonyl (C=O) groups excluding carboxylic acids is 1. The fraction of sp³-hybridized carbons (Fsp3) is 0.471. The van der Waals surface area contributed by atoms with Gasteiger partial charge in [-0.15, -0.1) is 0 Å². The summed E-state index contributed by atoms with van der Waals surface area (Å²) < 4.78 is 9.05. The molecule has 30 heavy (non-hydrogen) atoms. The Morgan fingerprint density at radius 1 is 1.10 bits per heavy atom. The molecule has 0 radical (unpaired) electrons. The topological polar surface area (TPSA) is 165 Å². The van der Waals surface area contributed by atoms with Crippen LogP contribution >= 0.6 is 23.2 Å². The molecule has 0 spiro atoms. The highest BCUT2D eigenvalue weighted by Gasteiger charge is 2.31. The molecule has 0 bridgehead atoms. The van der Waals surface area contributed by atoms with Gasteiger partial charge in [-0.05, 0) is 17.7 Å². The number of amides is 1. The monoisotopic (exact) mass is 468 g/mol. The van der Waals surface area contributed by atoms with Crippen LogP contribution in [-0.2, 0) is 14.3 Å². The predicted molar refractivity (Wildman–Crippen MR) is 107 cm³/mol. The lowest BCUT2D eigenvalue weighted by atomic mass is 10.0. The van der Waals surface area contributed by atoms with Gasteiger partial charge >= 0.3 is 12.3 Å². The molecule has 0 aromatic heterocycles. The number of nitrogens with zero attached hydrogens (tertiary/aromatic N) is 1. The summed E-state index contributed by atoms with van der Waals surface area (Å²) in [4.78, 5) is 41.8. The van der Waals surface area contributed by atoms with Crippen molar-refractivity contribution in [3.8, 4) is 0 Å². The van der Waals surface area contributed by atoms with Crippen LogP contribution in [0.4, 0.5) is 15.3 Å². The highest BCUT2D eigenvalue weighted by Crippen LogP contribution is 2.25. The van der Waals surface area contributed by atoms with Gasteiger partial charge in [0.1, 0.15) is 12.6 Å². The molecule has 2 atom stereocenters. The highest BCUT2D eigenvalue weighted by atomic mass is 35.5. The number of benzene rings is 1. The smallest absolute Gasteiger partial charge is 0.450 e. The van der Waals surface area contributed by atoms with E-state index in [4.69, 9.17) is 33.4 Å². The number of non-ortho nitro benzene ring substituents is 1. The maximum atomic E-state index is 11.7. The molecular formula is C17H22Cl2N2O9. The van der Waals surface area contributed by atoms with Gasteiger partial charge in [-0.2, -0.15) is 0 Å². The van der Waals surface area contributed by atoms with Crippen LogP contribution in [0.3, 0.4) is 0 Å². The van der Waals surface area contributed by atoms with Gasteiger partial charge in [-0.25, -0.2) is 9.59 Å². The number of halogens is 2. The molecular weight excluding hydrogens is 447 g/mol. The van der Waals surface area contributed by atoms with Gasteiger partial charge in [0.05, 0.1) is 4.92 Å². The molecule has 0 aliphatic rings. The van der Waals surface area contributed by atoms with E-state index in [1.807, 2.05) is 0 Å².